The quantitative estimate of drug-likeness (QED) is 0.622. The highest BCUT2D eigenvalue weighted by atomic mass is 16.6. The van der Waals surface area contributed by atoms with Crippen molar-refractivity contribution in [2.45, 2.75) is 19.6 Å². The summed E-state index contributed by atoms with van der Waals surface area (Å²) in [5.41, 5.74) is 0.808. The molecule has 21 heavy (non-hydrogen) atoms. The fourth-order valence-electron chi connectivity index (χ4n) is 1.42. The smallest absolute Gasteiger partial charge is 0.408 e. The summed E-state index contributed by atoms with van der Waals surface area (Å²) in [5, 5.41) is 2.28. The van der Waals surface area contributed by atoms with Crippen molar-refractivity contribution in [2.75, 3.05) is 13.7 Å². The lowest BCUT2D eigenvalue weighted by molar-refractivity contribution is -0.149. The van der Waals surface area contributed by atoms with E-state index in [0.717, 1.165) is 5.56 Å². The number of carbonyl (C=O) groups excluding carboxylic acids is 3. The average Bonchev–Trinajstić information content (AvgIpc) is 2.49. The van der Waals surface area contributed by atoms with Crippen molar-refractivity contribution in [1.29, 1.82) is 0 Å². The van der Waals surface area contributed by atoms with E-state index in [1.54, 1.807) is 12.1 Å². The molecule has 0 spiro atoms. The summed E-state index contributed by atoms with van der Waals surface area (Å²) in [7, 11) is 1.17. The molecule has 0 aliphatic carbocycles. The molecular weight excluding hydrogens is 278 g/mol. The van der Waals surface area contributed by atoms with Crippen LogP contribution >= 0.6 is 0 Å². The minimum atomic E-state index is -1.11. The van der Waals surface area contributed by atoms with Gasteiger partial charge >= 0.3 is 18.0 Å². The van der Waals surface area contributed by atoms with E-state index in [0.29, 0.717) is 0 Å². The van der Waals surface area contributed by atoms with E-state index < -0.39 is 24.1 Å². The van der Waals surface area contributed by atoms with Crippen molar-refractivity contribution in [3.63, 3.8) is 0 Å². The number of alkyl carbamates (subject to hydrolysis) is 1. The number of benzene rings is 1. The number of hydrogen-bond donors (Lipinski definition) is 1. The highest BCUT2D eigenvalue weighted by Gasteiger charge is 2.23. The van der Waals surface area contributed by atoms with Crippen LogP contribution in [0, 0.1) is 0 Å². The van der Waals surface area contributed by atoms with Gasteiger partial charge in [-0.15, -0.1) is 0 Å². The molecule has 0 saturated heterocycles. The monoisotopic (exact) mass is 295 g/mol. The molecule has 0 aliphatic heterocycles. The van der Waals surface area contributed by atoms with Gasteiger partial charge in [0.1, 0.15) is 13.2 Å². The van der Waals surface area contributed by atoms with Crippen molar-refractivity contribution in [1.82, 2.24) is 5.32 Å². The highest BCUT2D eigenvalue weighted by Crippen LogP contribution is 2.01. The van der Waals surface area contributed by atoms with Gasteiger partial charge in [0.15, 0.2) is 6.04 Å². The number of hydrogen-bond acceptors (Lipinski definition) is 6. The molecule has 0 aliphatic rings. The molecular formula is C14H17NO6. The normalized spacial score (nSPS) is 11.1. The third-order valence-corrected chi connectivity index (χ3v) is 2.44. The summed E-state index contributed by atoms with van der Waals surface area (Å²) in [6.45, 7) is 0.943. The van der Waals surface area contributed by atoms with E-state index in [9.17, 15) is 14.4 Å². The van der Waals surface area contributed by atoms with Crippen LogP contribution in [0.2, 0.25) is 0 Å². The standard InChI is InChI=1S/C14H17NO6/c1-10(16)20-9-12(13(17)19-2)15-14(18)21-8-11-6-4-3-5-7-11/h3-7,12H,8-9H2,1-2H3,(H,15,18)/t12-/m0/s1. The Hall–Kier alpha value is -2.57. The molecule has 0 bridgehead atoms. The van der Waals surface area contributed by atoms with Crippen molar-refractivity contribution in [3.05, 3.63) is 35.9 Å². The molecule has 1 N–H and O–H groups in total. The Morgan fingerprint density at radius 2 is 1.81 bits per heavy atom. The van der Waals surface area contributed by atoms with Crippen LogP contribution in [0.25, 0.3) is 0 Å². The number of methoxy groups -OCH3 is 1. The second-order valence-corrected chi connectivity index (χ2v) is 4.08. The molecule has 0 fully saturated rings. The lowest BCUT2D eigenvalue weighted by Gasteiger charge is -2.16. The lowest BCUT2D eigenvalue weighted by Crippen LogP contribution is -2.45. The maximum Gasteiger partial charge on any atom is 0.408 e. The predicted octanol–water partition coefficient (Wildman–Crippen LogP) is 1.02. The second-order valence-electron chi connectivity index (χ2n) is 4.08. The van der Waals surface area contributed by atoms with Crippen LogP contribution in [0.5, 0.6) is 0 Å². The fraction of sp³-hybridized carbons (Fsp3) is 0.357. The summed E-state index contributed by atoms with van der Waals surface area (Å²) >= 11 is 0. The van der Waals surface area contributed by atoms with Gasteiger partial charge in [0, 0.05) is 6.92 Å². The second kappa shape index (κ2) is 8.57. The van der Waals surface area contributed by atoms with E-state index >= 15 is 0 Å². The molecule has 7 nitrogen and oxygen atoms in total. The number of amides is 1. The Bertz CT molecular complexity index is 487. The molecule has 1 atom stereocenters. The molecule has 0 unspecified atom stereocenters. The highest BCUT2D eigenvalue weighted by molar-refractivity contribution is 5.81. The summed E-state index contributed by atoms with van der Waals surface area (Å²) in [6.07, 6.45) is -0.804. The molecule has 1 amide bonds. The molecule has 114 valence electrons. The van der Waals surface area contributed by atoms with Gasteiger partial charge in [-0.3, -0.25) is 4.79 Å². The zero-order valence-electron chi connectivity index (χ0n) is 11.8. The van der Waals surface area contributed by atoms with Gasteiger partial charge in [0.25, 0.3) is 0 Å². The SMILES string of the molecule is COC(=O)[C@H](COC(C)=O)NC(=O)OCc1ccccc1. The summed E-state index contributed by atoms with van der Waals surface area (Å²) in [5.74, 6) is -1.30. The molecule has 0 heterocycles. The van der Waals surface area contributed by atoms with Gasteiger partial charge in [-0.05, 0) is 5.56 Å². The summed E-state index contributed by atoms with van der Waals surface area (Å²) < 4.78 is 14.2. The fourth-order valence-corrected chi connectivity index (χ4v) is 1.42. The van der Waals surface area contributed by atoms with Crippen LogP contribution in [-0.4, -0.2) is 37.8 Å². The van der Waals surface area contributed by atoms with E-state index in [1.807, 2.05) is 18.2 Å². The zero-order valence-corrected chi connectivity index (χ0v) is 11.8. The average molecular weight is 295 g/mol. The van der Waals surface area contributed by atoms with Gasteiger partial charge in [0.05, 0.1) is 7.11 Å². The zero-order chi connectivity index (χ0) is 15.7. The Kier molecular flexibility index (Phi) is 6.73. The van der Waals surface area contributed by atoms with Gasteiger partial charge < -0.3 is 19.5 Å². The summed E-state index contributed by atoms with van der Waals surface area (Å²) in [6, 6.07) is 7.95. The number of ether oxygens (including phenoxy) is 3. The number of nitrogens with one attached hydrogen (secondary N) is 1. The van der Waals surface area contributed by atoms with Crippen LogP contribution in [0.4, 0.5) is 4.79 Å². The minimum absolute atomic E-state index is 0.0636. The van der Waals surface area contributed by atoms with Crippen molar-refractivity contribution < 1.29 is 28.6 Å². The van der Waals surface area contributed by atoms with Crippen LogP contribution < -0.4 is 5.32 Å². The van der Waals surface area contributed by atoms with Gasteiger partial charge in [-0.2, -0.15) is 0 Å². The topological polar surface area (TPSA) is 90.9 Å². The van der Waals surface area contributed by atoms with E-state index in [4.69, 9.17) is 4.74 Å². The lowest BCUT2D eigenvalue weighted by atomic mass is 10.2. The van der Waals surface area contributed by atoms with Gasteiger partial charge in [-0.1, -0.05) is 30.3 Å². The Morgan fingerprint density at radius 3 is 2.38 bits per heavy atom. The number of esters is 2. The molecule has 7 heteroatoms. The van der Waals surface area contributed by atoms with Crippen LogP contribution in [-0.2, 0) is 30.4 Å². The van der Waals surface area contributed by atoms with Crippen molar-refractivity contribution >= 4 is 18.0 Å². The van der Waals surface area contributed by atoms with Crippen molar-refractivity contribution in [3.8, 4) is 0 Å². The third kappa shape index (κ3) is 6.42. The molecule has 0 radical (unpaired) electrons. The summed E-state index contributed by atoms with van der Waals surface area (Å²) in [4.78, 5) is 33.8. The van der Waals surface area contributed by atoms with Crippen LogP contribution in [0.1, 0.15) is 12.5 Å². The Balaban J connectivity index is 2.47. The van der Waals surface area contributed by atoms with Crippen LogP contribution in [0.15, 0.2) is 30.3 Å². The number of rotatable bonds is 6. The maximum atomic E-state index is 11.6. The first kappa shape index (κ1) is 16.5. The first-order chi connectivity index (χ1) is 10.0. The molecule has 0 saturated carbocycles. The molecule has 1 rings (SSSR count). The minimum Gasteiger partial charge on any atom is -0.467 e. The molecule has 0 aromatic heterocycles. The van der Waals surface area contributed by atoms with Crippen molar-refractivity contribution in [2.24, 2.45) is 0 Å². The Morgan fingerprint density at radius 1 is 1.14 bits per heavy atom. The first-order valence-electron chi connectivity index (χ1n) is 6.21. The molecule has 1 aromatic rings. The van der Waals surface area contributed by atoms with Gasteiger partial charge in [0.2, 0.25) is 0 Å². The number of carbonyl (C=O) groups is 3. The van der Waals surface area contributed by atoms with Gasteiger partial charge in [-0.25, -0.2) is 9.59 Å². The maximum absolute atomic E-state index is 11.6. The first-order valence-corrected chi connectivity index (χ1v) is 6.21. The van der Waals surface area contributed by atoms with Crippen LogP contribution in [0.3, 0.4) is 0 Å². The van der Waals surface area contributed by atoms with E-state index in [2.05, 4.69) is 14.8 Å². The third-order valence-electron chi connectivity index (χ3n) is 2.44. The van der Waals surface area contributed by atoms with E-state index in [1.165, 1.54) is 14.0 Å². The Labute approximate surface area is 122 Å². The predicted molar refractivity (Wildman–Crippen MR) is 72.2 cm³/mol. The molecule has 1 aromatic carbocycles. The van der Waals surface area contributed by atoms with E-state index in [-0.39, 0.29) is 13.2 Å². The largest absolute Gasteiger partial charge is 0.467 e.